The van der Waals surface area contributed by atoms with Crippen molar-refractivity contribution in [3.8, 4) is 6.07 Å². The van der Waals surface area contributed by atoms with E-state index in [1.54, 1.807) is 0 Å². The van der Waals surface area contributed by atoms with Gasteiger partial charge >= 0.3 is 0 Å². The molecular weight excluding hydrogens is 220 g/mol. The topological polar surface area (TPSA) is 27.0 Å². The largest absolute Gasteiger partial charge is 0.367 e. The summed E-state index contributed by atoms with van der Waals surface area (Å²) >= 11 is 0. The number of rotatable bonds is 4. The molecule has 0 aliphatic heterocycles. The van der Waals surface area contributed by atoms with Crippen molar-refractivity contribution in [2.75, 3.05) is 11.4 Å². The number of nitrogens with zero attached hydrogens (tertiary/aromatic N) is 2. The van der Waals surface area contributed by atoms with Crippen LogP contribution in [-0.2, 0) is 6.54 Å². The molecule has 0 aliphatic rings. The van der Waals surface area contributed by atoms with Gasteiger partial charge in [-0.1, -0.05) is 36.4 Å². The molecule has 18 heavy (non-hydrogen) atoms. The molecule has 0 spiro atoms. The summed E-state index contributed by atoms with van der Waals surface area (Å²) < 4.78 is 0. The van der Waals surface area contributed by atoms with Crippen molar-refractivity contribution in [3.63, 3.8) is 0 Å². The number of anilines is 1. The third-order valence-corrected chi connectivity index (χ3v) is 3.00. The minimum Gasteiger partial charge on any atom is -0.367 e. The maximum Gasteiger partial charge on any atom is 0.0995 e. The Kier molecular flexibility index (Phi) is 3.98. The predicted octanol–water partition coefficient (Wildman–Crippen LogP) is 3.58. The average Bonchev–Trinajstić information content (AvgIpc) is 2.46. The van der Waals surface area contributed by atoms with Crippen LogP contribution < -0.4 is 4.90 Å². The van der Waals surface area contributed by atoms with Crippen molar-refractivity contribution in [1.82, 2.24) is 0 Å². The van der Waals surface area contributed by atoms with E-state index in [1.807, 2.05) is 42.5 Å². The fraction of sp³-hybridized carbons (Fsp3) is 0.188. The van der Waals surface area contributed by atoms with E-state index < -0.39 is 0 Å². The first kappa shape index (κ1) is 12.2. The molecule has 0 heterocycles. The Labute approximate surface area is 108 Å². The maximum absolute atomic E-state index is 9.11. The number of benzene rings is 2. The lowest BCUT2D eigenvalue weighted by atomic mass is 10.1. The SMILES string of the molecule is CCN(Cc1ccccc1C#N)c1ccccc1. The van der Waals surface area contributed by atoms with E-state index in [9.17, 15) is 0 Å². The number of nitriles is 1. The van der Waals surface area contributed by atoms with Crippen LogP contribution in [0.2, 0.25) is 0 Å². The molecule has 2 aromatic rings. The molecule has 2 aromatic carbocycles. The molecule has 0 atom stereocenters. The van der Waals surface area contributed by atoms with Crippen LogP contribution in [0.15, 0.2) is 54.6 Å². The number of para-hydroxylation sites is 1. The van der Waals surface area contributed by atoms with E-state index >= 15 is 0 Å². The lowest BCUT2D eigenvalue weighted by Gasteiger charge is -2.23. The zero-order valence-corrected chi connectivity index (χ0v) is 10.5. The molecule has 0 amide bonds. The Bertz CT molecular complexity index is 541. The lowest BCUT2D eigenvalue weighted by molar-refractivity contribution is 0.830. The molecule has 0 radical (unpaired) electrons. The van der Waals surface area contributed by atoms with Crippen molar-refractivity contribution in [2.24, 2.45) is 0 Å². The summed E-state index contributed by atoms with van der Waals surface area (Å²) in [6, 6.07) is 20.3. The molecule has 0 aromatic heterocycles. The quantitative estimate of drug-likeness (QED) is 0.811. The first-order valence-electron chi connectivity index (χ1n) is 6.13. The lowest BCUT2D eigenvalue weighted by Crippen LogP contribution is -2.22. The van der Waals surface area contributed by atoms with E-state index in [-0.39, 0.29) is 0 Å². The van der Waals surface area contributed by atoms with Crippen LogP contribution in [0.4, 0.5) is 5.69 Å². The minimum absolute atomic E-state index is 0.756. The van der Waals surface area contributed by atoms with Crippen LogP contribution in [0, 0.1) is 11.3 Å². The summed E-state index contributed by atoms with van der Waals surface area (Å²) in [4.78, 5) is 2.26. The van der Waals surface area contributed by atoms with Crippen LogP contribution in [-0.4, -0.2) is 6.54 Å². The van der Waals surface area contributed by atoms with Crippen molar-refractivity contribution in [3.05, 3.63) is 65.7 Å². The van der Waals surface area contributed by atoms with Crippen molar-refractivity contribution >= 4 is 5.69 Å². The van der Waals surface area contributed by atoms with Crippen LogP contribution in [0.3, 0.4) is 0 Å². The number of hydrogen-bond donors (Lipinski definition) is 0. The van der Waals surface area contributed by atoms with Gasteiger partial charge in [0.15, 0.2) is 0 Å². The summed E-state index contributed by atoms with van der Waals surface area (Å²) in [6.45, 7) is 3.82. The van der Waals surface area contributed by atoms with Crippen molar-refractivity contribution in [1.29, 1.82) is 5.26 Å². The van der Waals surface area contributed by atoms with Gasteiger partial charge in [-0.15, -0.1) is 0 Å². The van der Waals surface area contributed by atoms with E-state index in [4.69, 9.17) is 5.26 Å². The van der Waals surface area contributed by atoms with Gasteiger partial charge in [-0.2, -0.15) is 5.26 Å². The third-order valence-electron chi connectivity index (χ3n) is 3.00. The first-order valence-corrected chi connectivity index (χ1v) is 6.13. The fourth-order valence-corrected chi connectivity index (χ4v) is 2.00. The highest BCUT2D eigenvalue weighted by atomic mass is 15.1. The van der Waals surface area contributed by atoms with Gasteiger partial charge in [0.05, 0.1) is 11.6 Å². The van der Waals surface area contributed by atoms with Crippen molar-refractivity contribution in [2.45, 2.75) is 13.5 Å². The third kappa shape index (κ3) is 2.70. The normalized spacial score (nSPS) is 9.78. The molecule has 2 rings (SSSR count). The predicted molar refractivity (Wildman–Crippen MR) is 74.3 cm³/mol. The average molecular weight is 236 g/mol. The van der Waals surface area contributed by atoms with E-state index in [2.05, 4.69) is 30.0 Å². The standard InChI is InChI=1S/C16H16N2/c1-2-18(16-10-4-3-5-11-16)13-15-9-7-6-8-14(15)12-17/h3-11H,2,13H2,1H3. The van der Waals surface area contributed by atoms with Crippen LogP contribution in [0.25, 0.3) is 0 Å². The Morgan fingerprint density at radius 1 is 1.00 bits per heavy atom. The highest BCUT2D eigenvalue weighted by Gasteiger charge is 2.07. The molecule has 2 nitrogen and oxygen atoms in total. The summed E-state index contributed by atoms with van der Waals surface area (Å²) in [5.41, 5.74) is 3.02. The zero-order valence-electron chi connectivity index (χ0n) is 10.5. The molecule has 0 saturated carbocycles. The second kappa shape index (κ2) is 5.88. The van der Waals surface area contributed by atoms with E-state index in [1.165, 1.54) is 5.69 Å². The summed E-state index contributed by atoms with van der Waals surface area (Å²) in [6.07, 6.45) is 0. The molecule has 0 bridgehead atoms. The Hall–Kier alpha value is -2.27. The van der Waals surface area contributed by atoms with Gasteiger partial charge in [0.25, 0.3) is 0 Å². The molecular formula is C16H16N2. The smallest absolute Gasteiger partial charge is 0.0995 e. The molecule has 0 fully saturated rings. The van der Waals surface area contributed by atoms with Crippen molar-refractivity contribution < 1.29 is 0 Å². The molecule has 0 N–H and O–H groups in total. The maximum atomic E-state index is 9.11. The molecule has 0 aliphatic carbocycles. The minimum atomic E-state index is 0.756. The van der Waals surface area contributed by atoms with E-state index in [0.717, 1.165) is 24.2 Å². The Morgan fingerprint density at radius 3 is 2.33 bits per heavy atom. The summed E-state index contributed by atoms with van der Waals surface area (Å²) in [5, 5.41) is 9.11. The summed E-state index contributed by atoms with van der Waals surface area (Å²) in [7, 11) is 0. The van der Waals surface area contributed by atoms with Crippen LogP contribution in [0.5, 0.6) is 0 Å². The highest BCUT2D eigenvalue weighted by Crippen LogP contribution is 2.18. The number of hydrogen-bond acceptors (Lipinski definition) is 2. The van der Waals surface area contributed by atoms with Crippen LogP contribution >= 0.6 is 0 Å². The van der Waals surface area contributed by atoms with Gasteiger partial charge in [0.2, 0.25) is 0 Å². The van der Waals surface area contributed by atoms with Gasteiger partial charge in [-0.25, -0.2) is 0 Å². The molecule has 2 heteroatoms. The Balaban J connectivity index is 2.24. The molecule has 0 saturated heterocycles. The highest BCUT2D eigenvalue weighted by molar-refractivity contribution is 5.48. The van der Waals surface area contributed by atoms with Gasteiger partial charge in [0.1, 0.15) is 0 Å². The first-order chi connectivity index (χ1) is 8.85. The van der Waals surface area contributed by atoms with Gasteiger partial charge < -0.3 is 4.90 Å². The second-order valence-corrected chi connectivity index (χ2v) is 4.12. The second-order valence-electron chi connectivity index (χ2n) is 4.12. The fourth-order valence-electron chi connectivity index (χ4n) is 2.00. The van der Waals surface area contributed by atoms with Gasteiger partial charge in [-0.3, -0.25) is 0 Å². The van der Waals surface area contributed by atoms with Crippen LogP contribution in [0.1, 0.15) is 18.1 Å². The zero-order chi connectivity index (χ0) is 12.8. The van der Waals surface area contributed by atoms with E-state index in [0.29, 0.717) is 0 Å². The molecule has 0 unspecified atom stereocenters. The molecule has 90 valence electrons. The Morgan fingerprint density at radius 2 is 1.67 bits per heavy atom. The van der Waals surface area contributed by atoms with Gasteiger partial charge in [-0.05, 0) is 30.7 Å². The summed E-state index contributed by atoms with van der Waals surface area (Å²) in [5.74, 6) is 0. The monoisotopic (exact) mass is 236 g/mol. The van der Waals surface area contributed by atoms with Gasteiger partial charge in [0, 0.05) is 18.8 Å².